The highest BCUT2D eigenvalue weighted by atomic mass is 15.2. The lowest BCUT2D eigenvalue weighted by molar-refractivity contribution is 0.384. The van der Waals surface area contributed by atoms with Crippen molar-refractivity contribution in [2.24, 2.45) is 23.8 Å². The predicted molar refractivity (Wildman–Crippen MR) is 80.0 cm³/mol. The van der Waals surface area contributed by atoms with Gasteiger partial charge in [-0.15, -0.1) is 0 Å². The Labute approximate surface area is 117 Å². The fourth-order valence-corrected chi connectivity index (χ4v) is 3.83. The first-order valence-electron chi connectivity index (χ1n) is 7.51. The van der Waals surface area contributed by atoms with Crippen LogP contribution in [0.2, 0.25) is 0 Å². The molecule has 1 unspecified atom stereocenters. The van der Waals surface area contributed by atoms with Crippen LogP contribution in [0, 0.1) is 16.7 Å². The number of hydrogen-bond acceptors (Lipinski definition) is 2. The van der Waals surface area contributed by atoms with E-state index in [2.05, 4.69) is 51.2 Å². The number of rotatable bonds is 6. The van der Waals surface area contributed by atoms with E-state index in [0.717, 1.165) is 18.9 Å². The highest BCUT2D eigenvalue weighted by molar-refractivity contribution is 5.17. The van der Waals surface area contributed by atoms with Gasteiger partial charge in [0.05, 0.1) is 6.20 Å². The maximum absolute atomic E-state index is 4.25. The van der Waals surface area contributed by atoms with Crippen LogP contribution in [0.1, 0.15) is 46.6 Å². The van der Waals surface area contributed by atoms with Crippen molar-refractivity contribution < 1.29 is 0 Å². The molecule has 1 atom stereocenters. The first-order chi connectivity index (χ1) is 8.80. The molecule has 0 radical (unpaired) electrons. The summed E-state index contributed by atoms with van der Waals surface area (Å²) in [5.41, 5.74) is 2.26. The van der Waals surface area contributed by atoms with Crippen molar-refractivity contribution in [2.45, 2.75) is 53.5 Å². The SMILES string of the molecule is CCNC(CCc1cnn(C)c1)C1C(C)(C)C1(C)C. The number of nitrogens with one attached hydrogen (secondary N) is 1. The molecule has 0 aromatic carbocycles. The van der Waals surface area contributed by atoms with Gasteiger partial charge in [-0.05, 0) is 41.7 Å². The van der Waals surface area contributed by atoms with E-state index in [4.69, 9.17) is 0 Å². The van der Waals surface area contributed by atoms with Gasteiger partial charge in [-0.2, -0.15) is 5.10 Å². The summed E-state index contributed by atoms with van der Waals surface area (Å²) in [6, 6.07) is 0.621. The molecule has 1 aromatic rings. The van der Waals surface area contributed by atoms with Crippen LogP contribution in [0.15, 0.2) is 12.4 Å². The highest BCUT2D eigenvalue weighted by Crippen LogP contribution is 2.69. The third kappa shape index (κ3) is 2.58. The Morgan fingerprint density at radius 3 is 2.37 bits per heavy atom. The van der Waals surface area contributed by atoms with E-state index >= 15 is 0 Å². The van der Waals surface area contributed by atoms with Crippen LogP contribution in [-0.2, 0) is 13.5 Å². The fraction of sp³-hybridized carbons (Fsp3) is 0.812. The monoisotopic (exact) mass is 263 g/mol. The molecule has 1 N–H and O–H groups in total. The molecule has 3 heteroatoms. The van der Waals surface area contributed by atoms with Gasteiger partial charge in [-0.25, -0.2) is 0 Å². The van der Waals surface area contributed by atoms with Crippen LogP contribution >= 0.6 is 0 Å². The van der Waals surface area contributed by atoms with Crippen molar-refractivity contribution in [3.05, 3.63) is 18.0 Å². The van der Waals surface area contributed by atoms with E-state index in [1.165, 1.54) is 12.0 Å². The summed E-state index contributed by atoms with van der Waals surface area (Å²) in [5, 5.41) is 7.96. The van der Waals surface area contributed by atoms with E-state index in [1.54, 1.807) is 0 Å². The molecule has 2 rings (SSSR count). The molecule has 0 amide bonds. The van der Waals surface area contributed by atoms with Gasteiger partial charge in [0.15, 0.2) is 0 Å². The fourth-order valence-electron chi connectivity index (χ4n) is 3.83. The second-order valence-electron chi connectivity index (χ2n) is 7.15. The summed E-state index contributed by atoms with van der Waals surface area (Å²) in [6.45, 7) is 12.9. The first kappa shape index (κ1) is 14.6. The lowest BCUT2D eigenvalue weighted by atomic mass is 9.98. The van der Waals surface area contributed by atoms with Crippen molar-refractivity contribution in [1.82, 2.24) is 15.1 Å². The zero-order valence-electron chi connectivity index (χ0n) is 13.3. The van der Waals surface area contributed by atoms with Gasteiger partial charge in [0.2, 0.25) is 0 Å². The maximum Gasteiger partial charge on any atom is 0.0521 e. The van der Waals surface area contributed by atoms with Crippen LogP contribution in [0.3, 0.4) is 0 Å². The quantitative estimate of drug-likeness (QED) is 0.855. The largest absolute Gasteiger partial charge is 0.314 e. The minimum Gasteiger partial charge on any atom is -0.314 e. The van der Waals surface area contributed by atoms with Gasteiger partial charge < -0.3 is 5.32 Å². The van der Waals surface area contributed by atoms with Crippen LogP contribution in [-0.4, -0.2) is 22.4 Å². The van der Waals surface area contributed by atoms with Crippen molar-refractivity contribution >= 4 is 0 Å². The maximum atomic E-state index is 4.25. The molecular weight excluding hydrogens is 234 g/mol. The van der Waals surface area contributed by atoms with E-state index in [0.29, 0.717) is 16.9 Å². The Bertz CT molecular complexity index is 417. The smallest absolute Gasteiger partial charge is 0.0521 e. The van der Waals surface area contributed by atoms with E-state index in [1.807, 2.05) is 17.9 Å². The van der Waals surface area contributed by atoms with E-state index in [-0.39, 0.29) is 0 Å². The van der Waals surface area contributed by atoms with Crippen LogP contribution in [0.4, 0.5) is 0 Å². The lowest BCUT2D eigenvalue weighted by Crippen LogP contribution is -2.33. The average Bonchev–Trinajstić information content (AvgIpc) is 2.65. The van der Waals surface area contributed by atoms with Crippen molar-refractivity contribution in [3.63, 3.8) is 0 Å². The first-order valence-corrected chi connectivity index (χ1v) is 7.51. The van der Waals surface area contributed by atoms with Gasteiger partial charge in [-0.3, -0.25) is 4.68 Å². The number of aromatic nitrogens is 2. The third-order valence-corrected chi connectivity index (χ3v) is 5.50. The zero-order valence-corrected chi connectivity index (χ0v) is 13.3. The summed E-state index contributed by atoms with van der Waals surface area (Å²) >= 11 is 0. The molecule has 0 spiro atoms. The summed E-state index contributed by atoms with van der Waals surface area (Å²) in [7, 11) is 1.98. The Hall–Kier alpha value is -0.830. The Morgan fingerprint density at radius 1 is 1.32 bits per heavy atom. The van der Waals surface area contributed by atoms with Gasteiger partial charge in [0, 0.05) is 19.3 Å². The second kappa shape index (κ2) is 4.93. The van der Waals surface area contributed by atoms with Gasteiger partial charge >= 0.3 is 0 Å². The molecule has 19 heavy (non-hydrogen) atoms. The number of aryl methyl sites for hydroxylation is 2. The normalized spacial score (nSPS) is 22.4. The molecule has 1 aliphatic carbocycles. The second-order valence-corrected chi connectivity index (χ2v) is 7.15. The Kier molecular flexibility index (Phi) is 3.78. The molecule has 1 heterocycles. The standard InChI is InChI=1S/C16H29N3/c1-7-17-13(14-15(2,3)16(14,4)5)9-8-12-10-18-19(6)11-12/h10-11,13-14,17H,7-9H2,1-6H3. The van der Waals surface area contributed by atoms with E-state index in [9.17, 15) is 0 Å². The minimum atomic E-state index is 0.453. The molecule has 1 fully saturated rings. The Morgan fingerprint density at radius 2 is 1.95 bits per heavy atom. The molecule has 0 saturated heterocycles. The van der Waals surface area contributed by atoms with Gasteiger partial charge in [0.1, 0.15) is 0 Å². The van der Waals surface area contributed by atoms with Crippen molar-refractivity contribution in [1.29, 1.82) is 0 Å². The Balaban J connectivity index is 1.98. The van der Waals surface area contributed by atoms with Crippen LogP contribution in [0.25, 0.3) is 0 Å². The summed E-state index contributed by atoms with van der Waals surface area (Å²) in [5.74, 6) is 0.775. The minimum absolute atomic E-state index is 0.453. The molecule has 1 saturated carbocycles. The summed E-state index contributed by atoms with van der Waals surface area (Å²) in [4.78, 5) is 0. The summed E-state index contributed by atoms with van der Waals surface area (Å²) < 4.78 is 1.89. The van der Waals surface area contributed by atoms with Crippen LogP contribution < -0.4 is 5.32 Å². The van der Waals surface area contributed by atoms with E-state index < -0.39 is 0 Å². The molecule has 3 nitrogen and oxygen atoms in total. The lowest BCUT2D eigenvalue weighted by Gasteiger charge is -2.20. The van der Waals surface area contributed by atoms with Crippen LogP contribution in [0.5, 0.6) is 0 Å². The molecular formula is C16H29N3. The molecule has 0 aliphatic heterocycles. The third-order valence-electron chi connectivity index (χ3n) is 5.50. The van der Waals surface area contributed by atoms with Crippen molar-refractivity contribution in [2.75, 3.05) is 6.54 Å². The van der Waals surface area contributed by atoms with Crippen molar-refractivity contribution in [3.8, 4) is 0 Å². The van der Waals surface area contributed by atoms with Gasteiger partial charge in [-0.1, -0.05) is 34.6 Å². The topological polar surface area (TPSA) is 29.9 Å². The molecule has 108 valence electrons. The molecule has 1 aliphatic rings. The predicted octanol–water partition coefficient (Wildman–Crippen LogP) is 3.01. The number of nitrogens with zero attached hydrogens (tertiary/aromatic N) is 2. The highest BCUT2D eigenvalue weighted by Gasteiger charge is 2.66. The molecule has 0 bridgehead atoms. The molecule has 1 aromatic heterocycles. The number of hydrogen-bond donors (Lipinski definition) is 1. The summed E-state index contributed by atoms with van der Waals surface area (Å²) in [6.07, 6.45) is 6.45. The zero-order chi connectivity index (χ0) is 14.3. The average molecular weight is 263 g/mol. The van der Waals surface area contributed by atoms with Gasteiger partial charge in [0.25, 0.3) is 0 Å².